The summed E-state index contributed by atoms with van der Waals surface area (Å²) in [6, 6.07) is 7.28. The van der Waals surface area contributed by atoms with E-state index in [1.807, 2.05) is 18.2 Å². The predicted molar refractivity (Wildman–Crippen MR) is 69.4 cm³/mol. The van der Waals surface area contributed by atoms with Gasteiger partial charge in [-0.3, -0.25) is 9.00 Å². The van der Waals surface area contributed by atoms with Crippen molar-refractivity contribution in [2.75, 3.05) is 7.11 Å². The van der Waals surface area contributed by atoms with Crippen LogP contribution in [0.1, 0.15) is 18.9 Å². The van der Waals surface area contributed by atoms with Crippen LogP contribution in [0.5, 0.6) is 0 Å². The highest BCUT2D eigenvalue weighted by molar-refractivity contribution is 7.84. The van der Waals surface area contributed by atoms with Gasteiger partial charge in [-0.25, -0.2) is 0 Å². The lowest BCUT2D eigenvalue weighted by atomic mass is 10.2. The molecule has 0 saturated carbocycles. The van der Waals surface area contributed by atoms with Crippen molar-refractivity contribution in [3.05, 3.63) is 34.9 Å². The SMILES string of the molecule is COC(=O)CC(C)S(=O)Cc1ccccc1Cl. The molecule has 0 heterocycles. The largest absolute Gasteiger partial charge is 0.469 e. The van der Waals surface area contributed by atoms with Crippen molar-refractivity contribution >= 4 is 28.4 Å². The van der Waals surface area contributed by atoms with E-state index in [4.69, 9.17) is 11.6 Å². The van der Waals surface area contributed by atoms with Crippen LogP contribution in [0, 0.1) is 0 Å². The van der Waals surface area contributed by atoms with Crippen molar-refractivity contribution in [3.8, 4) is 0 Å². The average Bonchev–Trinajstić information content (AvgIpc) is 2.31. The lowest BCUT2D eigenvalue weighted by Gasteiger charge is -2.10. The number of rotatable bonds is 5. The van der Waals surface area contributed by atoms with Crippen LogP contribution in [0.25, 0.3) is 0 Å². The standard InChI is InChI=1S/C12H15ClO3S/c1-9(7-12(14)16-2)17(15)8-10-5-3-4-6-11(10)13/h3-6,9H,7-8H2,1-2H3. The Morgan fingerprint density at radius 1 is 1.47 bits per heavy atom. The fourth-order valence-electron chi connectivity index (χ4n) is 1.32. The number of carbonyl (C=O) groups is 1. The maximum Gasteiger partial charge on any atom is 0.306 e. The third-order valence-electron chi connectivity index (χ3n) is 2.39. The molecule has 0 N–H and O–H groups in total. The molecular weight excluding hydrogens is 260 g/mol. The fourth-order valence-corrected chi connectivity index (χ4v) is 2.77. The second-order valence-corrected chi connectivity index (χ2v) is 5.97. The molecule has 3 nitrogen and oxygen atoms in total. The molecule has 0 aliphatic carbocycles. The van der Waals surface area contributed by atoms with E-state index in [1.54, 1.807) is 13.0 Å². The molecule has 0 saturated heterocycles. The first kappa shape index (κ1) is 14.2. The summed E-state index contributed by atoms with van der Waals surface area (Å²) in [6.45, 7) is 1.77. The summed E-state index contributed by atoms with van der Waals surface area (Å²) in [6.07, 6.45) is 0.160. The molecule has 0 aliphatic heterocycles. The second kappa shape index (κ2) is 6.77. The molecule has 94 valence electrons. The Hall–Kier alpha value is -0.870. The predicted octanol–water partition coefficient (Wildman–Crippen LogP) is 2.54. The van der Waals surface area contributed by atoms with Gasteiger partial charge in [-0.05, 0) is 11.6 Å². The first-order chi connectivity index (χ1) is 8.04. The van der Waals surface area contributed by atoms with Gasteiger partial charge in [0.1, 0.15) is 0 Å². The highest BCUT2D eigenvalue weighted by atomic mass is 35.5. The van der Waals surface area contributed by atoms with Gasteiger partial charge in [-0.2, -0.15) is 0 Å². The molecule has 17 heavy (non-hydrogen) atoms. The topological polar surface area (TPSA) is 43.4 Å². The van der Waals surface area contributed by atoms with Crippen molar-refractivity contribution in [1.29, 1.82) is 0 Å². The number of benzene rings is 1. The quantitative estimate of drug-likeness (QED) is 0.775. The molecule has 0 aromatic heterocycles. The third-order valence-corrected chi connectivity index (χ3v) is 4.41. The number of ether oxygens (including phenoxy) is 1. The minimum Gasteiger partial charge on any atom is -0.469 e. The van der Waals surface area contributed by atoms with Crippen LogP contribution in [0.2, 0.25) is 5.02 Å². The van der Waals surface area contributed by atoms with Crippen molar-refractivity contribution in [3.63, 3.8) is 0 Å². The molecule has 0 amide bonds. The Balaban J connectivity index is 2.60. The van der Waals surface area contributed by atoms with Crippen molar-refractivity contribution < 1.29 is 13.7 Å². The van der Waals surface area contributed by atoms with E-state index in [9.17, 15) is 9.00 Å². The Labute approximate surface area is 109 Å². The summed E-state index contributed by atoms with van der Waals surface area (Å²) in [7, 11) is 0.192. The zero-order valence-electron chi connectivity index (χ0n) is 9.81. The summed E-state index contributed by atoms with van der Waals surface area (Å²) in [4.78, 5) is 11.1. The van der Waals surface area contributed by atoms with Gasteiger partial charge >= 0.3 is 5.97 Å². The van der Waals surface area contributed by atoms with Gasteiger partial charge in [0.15, 0.2) is 0 Å². The Bertz CT molecular complexity index is 420. The van der Waals surface area contributed by atoms with E-state index in [0.29, 0.717) is 10.8 Å². The molecule has 0 aliphatic rings. The van der Waals surface area contributed by atoms with E-state index < -0.39 is 10.8 Å². The van der Waals surface area contributed by atoms with Crippen LogP contribution >= 0.6 is 11.6 Å². The number of halogens is 1. The van der Waals surface area contributed by atoms with Gasteiger partial charge in [-0.15, -0.1) is 0 Å². The average molecular weight is 275 g/mol. The summed E-state index contributed by atoms with van der Waals surface area (Å²) in [5, 5.41) is 0.366. The number of carbonyl (C=O) groups excluding carboxylic acids is 1. The number of methoxy groups -OCH3 is 1. The third kappa shape index (κ3) is 4.48. The molecule has 5 heteroatoms. The van der Waals surface area contributed by atoms with E-state index in [2.05, 4.69) is 4.74 Å². The molecule has 0 fully saturated rings. The summed E-state index contributed by atoms with van der Waals surface area (Å²) >= 11 is 5.98. The van der Waals surface area contributed by atoms with Gasteiger partial charge in [-0.1, -0.05) is 36.7 Å². The van der Waals surface area contributed by atoms with Gasteiger partial charge in [0.05, 0.1) is 19.3 Å². The highest BCUT2D eigenvalue weighted by Crippen LogP contribution is 2.18. The van der Waals surface area contributed by atoms with Crippen LogP contribution < -0.4 is 0 Å². The molecule has 1 aromatic carbocycles. The first-order valence-corrected chi connectivity index (χ1v) is 6.98. The summed E-state index contributed by atoms with van der Waals surface area (Å²) in [5.74, 6) is 0.0164. The van der Waals surface area contributed by atoms with Crippen LogP contribution in [-0.2, 0) is 26.1 Å². The summed E-state index contributed by atoms with van der Waals surface area (Å²) < 4.78 is 16.5. The molecule has 2 unspecified atom stereocenters. The molecule has 2 atom stereocenters. The van der Waals surface area contributed by atoms with Gasteiger partial charge in [0.2, 0.25) is 0 Å². The maximum atomic E-state index is 12.0. The lowest BCUT2D eigenvalue weighted by molar-refractivity contribution is -0.140. The molecule has 1 rings (SSSR count). The first-order valence-electron chi connectivity index (χ1n) is 5.22. The van der Waals surface area contributed by atoms with Crippen LogP contribution in [-0.4, -0.2) is 22.5 Å². The van der Waals surface area contributed by atoms with Crippen molar-refractivity contribution in [2.24, 2.45) is 0 Å². The Kier molecular flexibility index (Phi) is 5.65. The van der Waals surface area contributed by atoms with Crippen LogP contribution in [0.3, 0.4) is 0 Å². The van der Waals surface area contributed by atoms with E-state index >= 15 is 0 Å². The minimum absolute atomic E-state index is 0.160. The molecule has 0 radical (unpaired) electrons. The van der Waals surface area contributed by atoms with E-state index in [1.165, 1.54) is 7.11 Å². The lowest BCUT2D eigenvalue weighted by Crippen LogP contribution is -2.18. The fraction of sp³-hybridized carbons (Fsp3) is 0.417. The number of hydrogen-bond donors (Lipinski definition) is 0. The zero-order valence-corrected chi connectivity index (χ0v) is 11.4. The minimum atomic E-state index is -1.13. The number of hydrogen-bond acceptors (Lipinski definition) is 3. The van der Waals surface area contributed by atoms with Crippen LogP contribution in [0.15, 0.2) is 24.3 Å². The second-order valence-electron chi connectivity index (χ2n) is 3.71. The van der Waals surface area contributed by atoms with Gasteiger partial charge in [0, 0.05) is 21.1 Å². The monoisotopic (exact) mass is 274 g/mol. The van der Waals surface area contributed by atoms with Crippen LogP contribution in [0.4, 0.5) is 0 Å². The van der Waals surface area contributed by atoms with Crippen molar-refractivity contribution in [2.45, 2.75) is 24.3 Å². The molecular formula is C12H15ClO3S. The Morgan fingerprint density at radius 3 is 2.71 bits per heavy atom. The van der Waals surface area contributed by atoms with Gasteiger partial charge in [0.25, 0.3) is 0 Å². The Morgan fingerprint density at radius 2 is 2.12 bits per heavy atom. The highest BCUT2D eigenvalue weighted by Gasteiger charge is 2.17. The smallest absolute Gasteiger partial charge is 0.306 e. The molecule has 1 aromatic rings. The van der Waals surface area contributed by atoms with E-state index in [-0.39, 0.29) is 17.6 Å². The van der Waals surface area contributed by atoms with Crippen molar-refractivity contribution in [1.82, 2.24) is 0 Å². The molecule has 0 spiro atoms. The normalized spacial score (nSPS) is 14.1. The van der Waals surface area contributed by atoms with E-state index in [0.717, 1.165) is 5.56 Å². The maximum absolute atomic E-state index is 12.0. The zero-order chi connectivity index (χ0) is 12.8. The summed E-state index contributed by atoms with van der Waals surface area (Å²) in [5.41, 5.74) is 0.837. The van der Waals surface area contributed by atoms with Gasteiger partial charge < -0.3 is 4.74 Å². The number of esters is 1. The molecule has 0 bridgehead atoms.